The van der Waals surface area contributed by atoms with E-state index in [-0.39, 0.29) is 0 Å². The number of rotatable bonds is 4. The maximum absolute atomic E-state index is 12.8. The first-order chi connectivity index (χ1) is 10.1. The predicted molar refractivity (Wildman–Crippen MR) is 82.8 cm³/mol. The minimum Gasteiger partial charge on any atom is -0.319 e. The van der Waals surface area contributed by atoms with Crippen LogP contribution >= 0.6 is 0 Å². The van der Waals surface area contributed by atoms with Gasteiger partial charge in [-0.15, -0.1) is 0 Å². The van der Waals surface area contributed by atoms with Crippen LogP contribution in [0.15, 0.2) is 24.3 Å². The fraction of sp³-hybridized carbons (Fsp3) is 0.600. The lowest BCUT2D eigenvalue weighted by molar-refractivity contribution is 0.252. The van der Waals surface area contributed by atoms with E-state index in [1.807, 2.05) is 31.3 Å². The minimum atomic E-state index is -3.32. The fourth-order valence-corrected chi connectivity index (χ4v) is 4.86. The van der Waals surface area contributed by atoms with Crippen LogP contribution in [0, 0.1) is 5.92 Å². The van der Waals surface area contributed by atoms with Gasteiger partial charge < -0.3 is 5.32 Å². The van der Waals surface area contributed by atoms with Crippen LogP contribution in [0.2, 0.25) is 0 Å². The summed E-state index contributed by atoms with van der Waals surface area (Å²) < 4.78 is 28.8. The molecule has 1 aromatic rings. The highest BCUT2D eigenvalue weighted by Gasteiger charge is 2.35. The van der Waals surface area contributed by atoms with E-state index in [1.54, 1.807) is 8.61 Å². The second-order valence-corrected chi connectivity index (χ2v) is 7.87. The van der Waals surface area contributed by atoms with Crippen LogP contribution in [0.4, 0.5) is 0 Å². The monoisotopic (exact) mass is 309 g/mol. The van der Waals surface area contributed by atoms with Gasteiger partial charge >= 0.3 is 0 Å². The molecule has 1 fully saturated rings. The number of hydrogen-bond donors (Lipinski definition) is 1. The topological polar surface area (TPSA) is 52.7 Å². The second kappa shape index (κ2) is 6.04. The third-order valence-corrected chi connectivity index (χ3v) is 6.46. The summed E-state index contributed by atoms with van der Waals surface area (Å²) in [7, 11) is -1.37. The Hall–Kier alpha value is -0.950. The molecule has 1 N–H and O–H groups in total. The molecular formula is C15H23N3O2S. The standard InChI is InChI=1S/C15H23N3O2S/c1-16-10-13-6-8-17(9-7-13)21(19,20)18-11-14-4-2-3-5-15(14)12-18/h2-5,13,16H,6-12H2,1H3. The average molecular weight is 309 g/mol. The van der Waals surface area contributed by atoms with Crippen LogP contribution in [0.25, 0.3) is 0 Å². The third-order valence-electron chi connectivity index (χ3n) is 4.53. The van der Waals surface area contributed by atoms with Gasteiger partial charge in [-0.05, 0) is 43.5 Å². The first kappa shape index (κ1) is 15.0. The molecule has 2 aliphatic heterocycles. The first-order valence-corrected chi connectivity index (χ1v) is 8.97. The number of nitrogens with one attached hydrogen (secondary N) is 1. The zero-order chi connectivity index (χ0) is 14.9. The molecule has 2 heterocycles. The van der Waals surface area contributed by atoms with Gasteiger partial charge in [0.05, 0.1) is 0 Å². The van der Waals surface area contributed by atoms with Crippen LogP contribution < -0.4 is 5.32 Å². The number of nitrogens with zero attached hydrogens (tertiary/aromatic N) is 2. The van der Waals surface area contributed by atoms with Gasteiger partial charge in [-0.25, -0.2) is 0 Å². The van der Waals surface area contributed by atoms with Crippen molar-refractivity contribution >= 4 is 10.2 Å². The quantitative estimate of drug-likeness (QED) is 0.908. The summed E-state index contributed by atoms with van der Waals surface area (Å²) in [5.41, 5.74) is 2.26. The largest absolute Gasteiger partial charge is 0.319 e. The van der Waals surface area contributed by atoms with Crippen molar-refractivity contribution in [1.82, 2.24) is 13.9 Å². The van der Waals surface area contributed by atoms with Crippen LogP contribution in [-0.2, 0) is 23.3 Å². The number of hydrogen-bond acceptors (Lipinski definition) is 3. The molecule has 21 heavy (non-hydrogen) atoms. The zero-order valence-corrected chi connectivity index (χ0v) is 13.3. The zero-order valence-electron chi connectivity index (χ0n) is 12.5. The molecule has 1 saturated heterocycles. The number of piperidine rings is 1. The van der Waals surface area contributed by atoms with Gasteiger partial charge in [0, 0.05) is 26.2 Å². The van der Waals surface area contributed by atoms with Crippen molar-refractivity contribution in [2.45, 2.75) is 25.9 Å². The Bertz CT molecular complexity index is 570. The van der Waals surface area contributed by atoms with E-state index in [9.17, 15) is 8.42 Å². The van der Waals surface area contributed by atoms with E-state index in [0.29, 0.717) is 32.1 Å². The normalized spacial score (nSPS) is 21.6. The summed E-state index contributed by atoms with van der Waals surface area (Å²) >= 11 is 0. The van der Waals surface area contributed by atoms with Gasteiger partial charge in [-0.3, -0.25) is 0 Å². The fourth-order valence-electron chi connectivity index (χ4n) is 3.26. The summed E-state index contributed by atoms with van der Waals surface area (Å²) in [6.07, 6.45) is 1.89. The molecule has 0 spiro atoms. The summed E-state index contributed by atoms with van der Waals surface area (Å²) in [6.45, 7) is 3.27. The Morgan fingerprint density at radius 3 is 2.19 bits per heavy atom. The number of fused-ring (bicyclic) bond motifs is 1. The van der Waals surface area contributed by atoms with Crippen LogP contribution in [-0.4, -0.2) is 43.7 Å². The van der Waals surface area contributed by atoms with Gasteiger partial charge in [0.15, 0.2) is 0 Å². The Morgan fingerprint density at radius 2 is 1.67 bits per heavy atom. The van der Waals surface area contributed by atoms with Gasteiger partial charge in [0.2, 0.25) is 0 Å². The maximum atomic E-state index is 12.8. The SMILES string of the molecule is CNCC1CCN(S(=O)(=O)N2Cc3ccccc3C2)CC1. The summed E-state index contributed by atoms with van der Waals surface area (Å²) in [5.74, 6) is 0.595. The van der Waals surface area contributed by atoms with Gasteiger partial charge in [-0.1, -0.05) is 24.3 Å². The Morgan fingerprint density at radius 1 is 1.10 bits per heavy atom. The lowest BCUT2D eigenvalue weighted by atomic mass is 9.98. The predicted octanol–water partition coefficient (Wildman–Crippen LogP) is 1.18. The third kappa shape index (κ3) is 2.99. The Labute approximate surface area is 127 Å². The highest BCUT2D eigenvalue weighted by Crippen LogP contribution is 2.28. The van der Waals surface area contributed by atoms with Crippen molar-refractivity contribution in [3.05, 3.63) is 35.4 Å². The molecule has 0 aliphatic carbocycles. The van der Waals surface area contributed by atoms with Crippen LogP contribution in [0.1, 0.15) is 24.0 Å². The average Bonchev–Trinajstić information content (AvgIpc) is 2.93. The summed E-state index contributed by atoms with van der Waals surface area (Å²) in [5, 5.41) is 3.18. The smallest absolute Gasteiger partial charge is 0.282 e. The lowest BCUT2D eigenvalue weighted by Gasteiger charge is -2.33. The van der Waals surface area contributed by atoms with Crippen molar-refractivity contribution in [2.75, 3.05) is 26.7 Å². The molecule has 2 aliphatic rings. The second-order valence-electron chi connectivity index (χ2n) is 5.94. The van der Waals surface area contributed by atoms with E-state index in [2.05, 4.69) is 5.32 Å². The van der Waals surface area contributed by atoms with Crippen molar-refractivity contribution < 1.29 is 8.42 Å². The van der Waals surface area contributed by atoms with Gasteiger partial charge in [0.1, 0.15) is 0 Å². The molecule has 0 atom stereocenters. The Balaban J connectivity index is 1.66. The highest BCUT2D eigenvalue weighted by atomic mass is 32.2. The van der Waals surface area contributed by atoms with Gasteiger partial charge in [0.25, 0.3) is 10.2 Å². The molecule has 0 radical (unpaired) electrons. The van der Waals surface area contributed by atoms with E-state index in [1.165, 1.54) is 0 Å². The molecule has 3 rings (SSSR count). The highest BCUT2D eigenvalue weighted by molar-refractivity contribution is 7.86. The summed E-state index contributed by atoms with van der Waals surface area (Å²) in [4.78, 5) is 0. The van der Waals surface area contributed by atoms with Crippen LogP contribution in [0.5, 0.6) is 0 Å². The molecule has 116 valence electrons. The summed E-state index contributed by atoms with van der Waals surface area (Å²) in [6, 6.07) is 7.98. The molecule has 1 aromatic carbocycles. The maximum Gasteiger partial charge on any atom is 0.282 e. The van der Waals surface area contributed by atoms with E-state index in [4.69, 9.17) is 0 Å². The molecular weight excluding hydrogens is 286 g/mol. The molecule has 0 bridgehead atoms. The molecule has 0 unspecified atom stereocenters. The van der Waals surface area contributed by atoms with E-state index >= 15 is 0 Å². The minimum absolute atomic E-state index is 0.509. The Kier molecular flexibility index (Phi) is 4.31. The van der Waals surface area contributed by atoms with Crippen molar-refractivity contribution in [2.24, 2.45) is 5.92 Å². The lowest BCUT2D eigenvalue weighted by Crippen LogP contribution is -2.46. The molecule has 0 saturated carbocycles. The van der Waals surface area contributed by atoms with Crippen LogP contribution in [0.3, 0.4) is 0 Å². The molecule has 5 nitrogen and oxygen atoms in total. The van der Waals surface area contributed by atoms with Crippen molar-refractivity contribution in [3.8, 4) is 0 Å². The molecule has 0 amide bonds. The van der Waals surface area contributed by atoms with E-state index < -0.39 is 10.2 Å². The number of benzene rings is 1. The molecule has 0 aromatic heterocycles. The van der Waals surface area contributed by atoms with Crippen molar-refractivity contribution in [1.29, 1.82) is 0 Å². The molecule has 6 heteroatoms. The van der Waals surface area contributed by atoms with Gasteiger partial charge in [-0.2, -0.15) is 17.0 Å². The van der Waals surface area contributed by atoms with E-state index in [0.717, 1.165) is 30.5 Å². The van der Waals surface area contributed by atoms with Crippen molar-refractivity contribution in [3.63, 3.8) is 0 Å². The first-order valence-electron chi connectivity index (χ1n) is 7.58.